The lowest BCUT2D eigenvalue weighted by Crippen LogP contribution is -2.50. The lowest BCUT2D eigenvalue weighted by molar-refractivity contribution is 0.208. The molecule has 1 aliphatic rings. The van der Waals surface area contributed by atoms with Crippen LogP contribution in [0.3, 0.4) is 0 Å². The van der Waals surface area contributed by atoms with Crippen molar-refractivity contribution in [2.75, 3.05) is 14.1 Å². The second-order valence-corrected chi connectivity index (χ2v) is 3.31. The quantitative estimate of drug-likeness (QED) is 0.530. The maximum atomic E-state index is 11.2. The first-order valence-corrected chi connectivity index (χ1v) is 3.92. The van der Waals surface area contributed by atoms with Gasteiger partial charge in [0.2, 0.25) is 0 Å². The van der Waals surface area contributed by atoms with E-state index in [1.807, 2.05) is 0 Å². The molecule has 1 fully saturated rings. The Kier molecular flexibility index (Phi) is 2.20. The molecule has 1 rings (SSSR count). The molecule has 0 bridgehead atoms. The zero-order valence-electron chi connectivity index (χ0n) is 6.33. The van der Waals surface area contributed by atoms with E-state index in [4.69, 9.17) is 24.4 Å². The highest BCUT2D eigenvalue weighted by molar-refractivity contribution is 7.82. The Morgan fingerprint density at radius 1 is 1.18 bits per heavy atom. The van der Waals surface area contributed by atoms with E-state index in [2.05, 4.69) is 0 Å². The number of hydrogen-bond acceptors (Lipinski definition) is 3. The summed E-state index contributed by atoms with van der Waals surface area (Å²) in [7, 11) is 3.31. The smallest absolute Gasteiger partial charge is 0.291 e. The van der Waals surface area contributed by atoms with E-state index in [0.717, 1.165) is 0 Å². The highest BCUT2D eigenvalue weighted by Gasteiger charge is 2.27. The second kappa shape index (κ2) is 2.83. The number of hydrogen-bond donors (Lipinski definition) is 0. The molecular weight excluding hydrogens is 180 g/mol. The molecule has 0 saturated carbocycles. The van der Waals surface area contributed by atoms with Crippen LogP contribution < -0.4 is 0 Å². The molecule has 0 aromatic rings. The molecule has 1 saturated heterocycles. The van der Waals surface area contributed by atoms with Crippen molar-refractivity contribution in [3.8, 4) is 0 Å². The van der Waals surface area contributed by atoms with E-state index in [1.54, 1.807) is 14.1 Å². The van der Waals surface area contributed by atoms with Gasteiger partial charge in [0, 0.05) is 20.5 Å². The number of urea groups is 1. The van der Waals surface area contributed by atoms with Crippen LogP contribution in [-0.4, -0.2) is 39.9 Å². The minimum Gasteiger partial charge on any atom is -0.291 e. The Bertz CT molecular complexity index is 217. The van der Waals surface area contributed by atoms with Crippen molar-refractivity contribution in [1.29, 1.82) is 0 Å². The van der Waals surface area contributed by atoms with Gasteiger partial charge in [0.1, 0.15) is 0 Å². The van der Waals surface area contributed by atoms with E-state index in [1.165, 1.54) is 9.80 Å². The molecule has 0 aromatic carbocycles. The summed E-state index contributed by atoms with van der Waals surface area (Å²) in [5.41, 5.74) is 0. The first-order valence-electron chi connectivity index (χ1n) is 3.11. The van der Waals surface area contributed by atoms with Crippen LogP contribution in [0.2, 0.25) is 0 Å². The molecule has 0 atom stereocenters. The predicted molar refractivity (Wildman–Crippen MR) is 50.7 cm³/mol. The van der Waals surface area contributed by atoms with Crippen LogP contribution in [0.15, 0.2) is 0 Å². The van der Waals surface area contributed by atoms with Crippen LogP contribution in [0.4, 0.5) is 4.79 Å². The minimum absolute atomic E-state index is 0.147. The maximum absolute atomic E-state index is 11.2. The molecule has 0 unspecified atom stereocenters. The predicted octanol–water partition coefficient (Wildman–Crippen LogP) is 1.03. The summed E-state index contributed by atoms with van der Waals surface area (Å²) >= 11 is 9.85. The molecule has 3 nitrogen and oxygen atoms in total. The fraction of sp³-hybridized carbons (Fsp3) is 0.500. The first kappa shape index (κ1) is 8.55. The third-order valence-electron chi connectivity index (χ3n) is 1.62. The molecule has 0 radical (unpaired) electrons. The van der Waals surface area contributed by atoms with Crippen LogP contribution in [0.1, 0.15) is 6.42 Å². The van der Waals surface area contributed by atoms with Gasteiger partial charge in [-0.15, -0.1) is 0 Å². The highest BCUT2D eigenvalue weighted by Crippen LogP contribution is 2.10. The van der Waals surface area contributed by atoms with Crippen LogP contribution >= 0.6 is 24.4 Å². The Labute approximate surface area is 76.0 Å². The van der Waals surface area contributed by atoms with Gasteiger partial charge >= 0.3 is 6.03 Å². The van der Waals surface area contributed by atoms with Gasteiger partial charge in [-0.1, -0.05) is 24.4 Å². The van der Waals surface area contributed by atoms with Gasteiger partial charge in [-0.3, -0.25) is 9.80 Å². The lowest BCUT2D eigenvalue weighted by atomic mass is 10.3. The van der Waals surface area contributed by atoms with Crippen molar-refractivity contribution in [3.63, 3.8) is 0 Å². The molecule has 0 N–H and O–H groups in total. The van der Waals surface area contributed by atoms with Gasteiger partial charge in [-0.25, -0.2) is 4.79 Å². The summed E-state index contributed by atoms with van der Waals surface area (Å²) in [6.07, 6.45) is 0.531. The Morgan fingerprint density at radius 3 is 1.91 bits per heavy atom. The normalized spacial score (nSPS) is 19.6. The van der Waals surface area contributed by atoms with Crippen molar-refractivity contribution in [3.05, 3.63) is 0 Å². The van der Waals surface area contributed by atoms with Gasteiger partial charge in [0.05, 0.1) is 9.98 Å². The SMILES string of the molecule is CN1C(=O)N(C)C(=S)CC1=S. The average molecular weight is 188 g/mol. The highest BCUT2D eigenvalue weighted by atomic mass is 32.1. The van der Waals surface area contributed by atoms with Crippen molar-refractivity contribution < 1.29 is 4.79 Å². The van der Waals surface area contributed by atoms with Crippen LogP contribution in [0.5, 0.6) is 0 Å². The third-order valence-corrected chi connectivity index (χ3v) is 2.46. The summed E-state index contributed by atoms with van der Waals surface area (Å²) in [6, 6.07) is -0.147. The summed E-state index contributed by atoms with van der Waals surface area (Å²) < 4.78 is 0. The molecule has 0 aliphatic carbocycles. The summed E-state index contributed by atoms with van der Waals surface area (Å²) in [6.45, 7) is 0. The largest absolute Gasteiger partial charge is 0.329 e. The van der Waals surface area contributed by atoms with Crippen molar-refractivity contribution in [1.82, 2.24) is 9.80 Å². The molecule has 60 valence electrons. The van der Waals surface area contributed by atoms with Crippen LogP contribution in [0, 0.1) is 0 Å². The fourth-order valence-corrected chi connectivity index (χ4v) is 1.33. The minimum atomic E-state index is -0.147. The van der Waals surface area contributed by atoms with Gasteiger partial charge in [-0.2, -0.15) is 0 Å². The maximum Gasteiger partial charge on any atom is 0.329 e. The monoisotopic (exact) mass is 188 g/mol. The number of nitrogens with zero attached hydrogens (tertiary/aromatic N) is 2. The third kappa shape index (κ3) is 1.39. The van der Waals surface area contributed by atoms with Gasteiger partial charge in [-0.05, 0) is 0 Å². The fourth-order valence-electron chi connectivity index (χ4n) is 0.805. The Balaban J connectivity index is 2.87. The summed E-state index contributed by atoms with van der Waals surface area (Å²) in [5.74, 6) is 0. The zero-order chi connectivity index (χ0) is 8.59. The van der Waals surface area contributed by atoms with Gasteiger partial charge < -0.3 is 0 Å². The van der Waals surface area contributed by atoms with Gasteiger partial charge in [0.15, 0.2) is 0 Å². The zero-order valence-corrected chi connectivity index (χ0v) is 7.96. The first-order chi connectivity index (χ1) is 5.04. The van der Waals surface area contributed by atoms with Crippen LogP contribution in [-0.2, 0) is 0 Å². The van der Waals surface area contributed by atoms with E-state index in [9.17, 15) is 4.79 Å². The van der Waals surface area contributed by atoms with E-state index in [-0.39, 0.29) is 6.03 Å². The molecule has 11 heavy (non-hydrogen) atoms. The molecule has 1 aliphatic heterocycles. The molecule has 2 amide bonds. The number of amides is 2. The van der Waals surface area contributed by atoms with E-state index >= 15 is 0 Å². The van der Waals surface area contributed by atoms with Crippen molar-refractivity contribution in [2.45, 2.75) is 6.42 Å². The molecule has 0 spiro atoms. The Morgan fingerprint density at radius 2 is 1.55 bits per heavy atom. The number of rotatable bonds is 0. The van der Waals surface area contributed by atoms with Crippen molar-refractivity contribution >= 4 is 40.4 Å². The number of carbonyl (C=O) groups excluding carboxylic acids is 1. The second-order valence-electron chi connectivity index (χ2n) is 2.36. The summed E-state index contributed by atoms with van der Waals surface area (Å²) in [5, 5.41) is 0. The van der Waals surface area contributed by atoms with Crippen LogP contribution in [0.25, 0.3) is 0 Å². The number of carbonyl (C=O) groups is 1. The lowest BCUT2D eigenvalue weighted by Gasteiger charge is -2.31. The van der Waals surface area contributed by atoms with Gasteiger partial charge in [0.25, 0.3) is 0 Å². The van der Waals surface area contributed by atoms with E-state index < -0.39 is 0 Å². The Hall–Kier alpha value is -0.550. The molecule has 5 heteroatoms. The summed E-state index contributed by atoms with van der Waals surface area (Å²) in [4.78, 5) is 15.3. The molecular formula is C6H8N2OS2. The molecule has 0 aromatic heterocycles. The average Bonchev–Trinajstić information content (AvgIpc) is 1.97. The molecule has 1 heterocycles. The number of thiocarbonyl (C=S) groups is 2. The standard InChI is InChI=1S/C6H8N2OS2/c1-7-4(10)3-5(11)8(2)6(7)9/h3H2,1-2H3. The van der Waals surface area contributed by atoms with Crippen molar-refractivity contribution in [2.24, 2.45) is 0 Å². The van der Waals surface area contributed by atoms with E-state index in [0.29, 0.717) is 16.4 Å². The topological polar surface area (TPSA) is 23.6 Å².